The van der Waals surface area contributed by atoms with Crippen molar-refractivity contribution in [3.05, 3.63) is 32.7 Å². The van der Waals surface area contributed by atoms with Crippen LogP contribution in [0.2, 0.25) is 0 Å². The quantitative estimate of drug-likeness (QED) is 0.890. The molecule has 92 valence electrons. The number of primary amides is 1. The Kier molecular flexibility index (Phi) is 5.14. The maximum absolute atomic E-state index is 12.1. The van der Waals surface area contributed by atoms with Crippen LogP contribution in [0.15, 0.2) is 27.1 Å². The molecule has 0 aliphatic rings. The second-order valence-corrected chi connectivity index (χ2v) is 5.28. The first-order valence-electron chi connectivity index (χ1n) is 4.97. The summed E-state index contributed by atoms with van der Waals surface area (Å²) in [6.45, 7) is 2.17. The zero-order valence-electron chi connectivity index (χ0n) is 9.24. The van der Waals surface area contributed by atoms with E-state index in [9.17, 15) is 9.59 Å². The first-order chi connectivity index (χ1) is 7.93. The van der Waals surface area contributed by atoms with E-state index in [1.54, 1.807) is 19.1 Å². The van der Waals surface area contributed by atoms with Crippen molar-refractivity contribution >= 4 is 43.7 Å². The minimum absolute atomic E-state index is 0.0700. The van der Waals surface area contributed by atoms with Crippen molar-refractivity contribution in [1.82, 2.24) is 4.90 Å². The summed E-state index contributed by atoms with van der Waals surface area (Å²) in [5.74, 6) is -0.734. The zero-order chi connectivity index (χ0) is 13.0. The molecule has 1 aromatic rings. The molecule has 0 saturated heterocycles. The van der Waals surface area contributed by atoms with E-state index < -0.39 is 5.91 Å². The van der Waals surface area contributed by atoms with Crippen molar-refractivity contribution in [2.75, 3.05) is 13.1 Å². The zero-order valence-corrected chi connectivity index (χ0v) is 12.4. The first kappa shape index (κ1) is 14.2. The molecular formula is C11H12Br2N2O2. The van der Waals surface area contributed by atoms with Gasteiger partial charge < -0.3 is 10.6 Å². The molecule has 0 heterocycles. The van der Waals surface area contributed by atoms with Gasteiger partial charge in [-0.3, -0.25) is 9.59 Å². The average Bonchev–Trinajstić information content (AvgIpc) is 2.23. The summed E-state index contributed by atoms with van der Waals surface area (Å²) in [4.78, 5) is 24.3. The minimum Gasteiger partial charge on any atom is -0.368 e. The monoisotopic (exact) mass is 362 g/mol. The van der Waals surface area contributed by atoms with Gasteiger partial charge in [0, 0.05) is 21.1 Å². The second-order valence-electron chi connectivity index (χ2n) is 3.44. The molecule has 2 N–H and O–H groups in total. The SMILES string of the molecule is CCN(CC(N)=O)C(=O)c1cc(Br)cc(Br)c1. The van der Waals surface area contributed by atoms with Crippen molar-refractivity contribution < 1.29 is 9.59 Å². The van der Waals surface area contributed by atoms with Crippen LogP contribution in [0.1, 0.15) is 17.3 Å². The third-order valence-corrected chi connectivity index (χ3v) is 3.04. The molecule has 0 saturated carbocycles. The lowest BCUT2D eigenvalue weighted by molar-refractivity contribution is -0.118. The van der Waals surface area contributed by atoms with Gasteiger partial charge in [0.1, 0.15) is 0 Å². The number of amides is 2. The average molecular weight is 364 g/mol. The molecule has 2 amide bonds. The van der Waals surface area contributed by atoms with Gasteiger partial charge in [-0.15, -0.1) is 0 Å². The first-order valence-corrected chi connectivity index (χ1v) is 6.56. The number of benzene rings is 1. The normalized spacial score (nSPS) is 10.1. The van der Waals surface area contributed by atoms with E-state index in [0.29, 0.717) is 12.1 Å². The van der Waals surface area contributed by atoms with Crippen molar-refractivity contribution in [2.24, 2.45) is 5.73 Å². The molecule has 6 heteroatoms. The topological polar surface area (TPSA) is 63.4 Å². The second kappa shape index (κ2) is 6.16. The summed E-state index contributed by atoms with van der Waals surface area (Å²) < 4.78 is 1.59. The molecule has 0 unspecified atom stereocenters. The van der Waals surface area contributed by atoms with Crippen LogP contribution in [0, 0.1) is 0 Å². The molecule has 0 aliphatic heterocycles. The molecule has 1 aromatic carbocycles. The molecule has 4 nitrogen and oxygen atoms in total. The van der Waals surface area contributed by atoms with E-state index in [1.807, 2.05) is 6.07 Å². The largest absolute Gasteiger partial charge is 0.368 e. The minimum atomic E-state index is -0.519. The van der Waals surface area contributed by atoms with Crippen LogP contribution in [0.5, 0.6) is 0 Å². The highest BCUT2D eigenvalue weighted by atomic mass is 79.9. The fourth-order valence-electron chi connectivity index (χ4n) is 1.38. The lowest BCUT2D eigenvalue weighted by Crippen LogP contribution is -2.38. The summed E-state index contributed by atoms with van der Waals surface area (Å²) in [6, 6.07) is 5.24. The van der Waals surface area contributed by atoms with Gasteiger partial charge in [0.05, 0.1) is 6.54 Å². The molecule has 0 aliphatic carbocycles. The van der Waals surface area contributed by atoms with Gasteiger partial charge in [-0.2, -0.15) is 0 Å². The molecule has 0 fully saturated rings. The van der Waals surface area contributed by atoms with Crippen molar-refractivity contribution in [2.45, 2.75) is 6.92 Å². The molecule has 0 radical (unpaired) electrons. The fourth-order valence-corrected chi connectivity index (χ4v) is 2.67. The van der Waals surface area contributed by atoms with E-state index in [2.05, 4.69) is 31.9 Å². The lowest BCUT2D eigenvalue weighted by atomic mass is 10.2. The number of hydrogen-bond acceptors (Lipinski definition) is 2. The number of hydrogen-bond donors (Lipinski definition) is 1. The number of likely N-dealkylation sites (N-methyl/N-ethyl adjacent to an activating group) is 1. The number of carbonyl (C=O) groups excluding carboxylic acids is 2. The highest BCUT2D eigenvalue weighted by Crippen LogP contribution is 2.21. The van der Waals surface area contributed by atoms with Crippen molar-refractivity contribution in [1.29, 1.82) is 0 Å². The van der Waals surface area contributed by atoms with E-state index in [1.165, 1.54) is 4.90 Å². The van der Waals surface area contributed by atoms with E-state index in [-0.39, 0.29) is 12.5 Å². The maximum atomic E-state index is 12.1. The van der Waals surface area contributed by atoms with Gasteiger partial charge in [0.2, 0.25) is 5.91 Å². The summed E-state index contributed by atoms with van der Waals surface area (Å²) >= 11 is 6.62. The van der Waals surface area contributed by atoms with Crippen molar-refractivity contribution in [3.8, 4) is 0 Å². The number of nitrogens with zero attached hydrogens (tertiary/aromatic N) is 1. The van der Waals surface area contributed by atoms with Gasteiger partial charge in [-0.1, -0.05) is 31.9 Å². The standard InChI is InChI=1S/C11H12Br2N2O2/c1-2-15(6-10(14)16)11(17)7-3-8(12)5-9(13)4-7/h3-5H,2,6H2,1H3,(H2,14,16). The van der Waals surface area contributed by atoms with Crippen LogP contribution < -0.4 is 5.73 Å². The van der Waals surface area contributed by atoms with Gasteiger partial charge in [0.15, 0.2) is 0 Å². The van der Waals surface area contributed by atoms with E-state index in [4.69, 9.17) is 5.73 Å². The predicted octanol–water partition coefficient (Wildman–Crippen LogP) is 2.16. The summed E-state index contributed by atoms with van der Waals surface area (Å²) in [6.07, 6.45) is 0. The smallest absolute Gasteiger partial charge is 0.254 e. The molecule has 0 atom stereocenters. The Balaban J connectivity index is 2.97. The highest BCUT2D eigenvalue weighted by Gasteiger charge is 2.16. The Bertz CT molecular complexity index is 429. The fraction of sp³-hybridized carbons (Fsp3) is 0.273. The van der Waals surface area contributed by atoms with Gasteiger partial charge in [-0.05, 0) is 25.1 Å². The van der Waals surface area contributed by atoms with E-state index in [0.717, 1.165) is 8.95 Å². The van der Waals surface area contributed by atoms with Crippen LogP contribution in [0.25, 0.3) is 0 Å². The molecule has 0 aromatic heterocycles. The Morgan fingerprint density at radius 2 is 1.76 bits per heavy atom. The Morgan fingerprint density at radius 1 is 1.24 bits per heavy atom. The van der Waals surface area contributed by atoms with Crippen LogP contribution in [0.3, 0.4) is 0 Å². The van der Waals surface area contributed by atoms with Crippen LogP contribution in [-0.4, -0.2) is 29.8 Å². The molecule has 0 bridgehead atoms. The predicted molar refractivity (Wildman–Crippen MR) is 72.6 cm³/mol. The number of nitrogens with two attached hydrogens (primary N) is 1. The molecular weight excluding hydrogens is 352 g/mol. The van der Waals surface area contributed by atoms with Crippen LogP contribution >= 0.6 is 31.9 Å². The summed E-state index contributed by atoms with van der Waals surface area (Å²) in [7, 11) is 0. The number of rotatable bonds is 4. The van der Waals surface area contributed by atoms with Gasteiger partial charge >= 0.3 is 0 Å². The maximum Gasteiger partial charge on any atom is 0.254 e. The van der Waals surface area contributed by atoms with Crippen LogP contribution in [0.4, 0.5) is 0 Å². The number of halogens is 2. The van der Waals surface area contributed by atoms with Gasteiger partial charge in [0.25, 0.3) is 5.91 Å². The van der Waals surface area contributed by atoms with Crippen LogP contribution in [-0.2, 0) is 4.79 Å². The third-order valence-electron chi connectivity index (χ3n) is 2.13. The molecule has 17 heavy (non-hydrogen) atoms. The highest BCUT2D eigenvalue weighted by molar-refractivity contribution is 9.11. The lowest BCUT2D eigenvalue weighted by Gasteiger charge is -2.19. The molecule has 0 spiro atoms. The Hall–Kier alpha value is -0.880. The van der Waals surface area contributed by atoms with Crippen molar-refractivity contribution in [3.63, 3.8) is 0 Å². The molecule has 1 rings (SSSR count). The number of carbonyl (C=O) groups is 2. The van der Waals surface area contributed by atoms with E-state index >= 15 is 0 Å². The summed E-state index contributed by atoms with van der Waals surface area (Å²) in [5, 5.41) is 0. The van der Waals surface area contributed by atoms with Gasteiger partial charge in [-0.25, -0.2) is 0 Å². The third kappa shape index (κ3) is 4.12. The summed E-state index contributed by atoms with van der Waals surface area (Å²) in [5.41, 5.74) is 5.60. The Labute approximate surface area is 116 Å². The Morgan fingerprint density at radius 3 is 2.18 bits per heavy atom.